The molecule has 1 aromatic carbocycles. The molecule has 0 bridgehead atoms. The van der Waals surface area contributed by atoms with Gasteiger partial charge in [-0.05, 0) is 30.8 Å². The van der Waals surface area contributed by atoms with Gasteiger partial charge >= 0.3 is 16.4 Å². The van der Waals surface area contributed by atoms with E-state index in [4.69, 9.17) is 0 Å². The molecule has 3 aromatic rings. The summed E-state index contributed by atoms with van der Waals surface area (Å²) in [6, 6.07) is 8.30. The van der Waals surface area contributed by atoms with Gasteiger partial charge in [0, 0.05) is 62.9 Å². The van der Waals surface area contributed by atoms with E-state index in [0.717, 1.165) is 16.9 Å². The minimum atomic E-state index is -4.29. The number of carbonyl (C=O) groups is 1. The average molecular weight is 598 g/mol. The number of carbonyl (C=O) groups excluding carboxylic acids is 1. The Morgan fingerprint density at radius 1 is 1.00 bits per heavy atom. The summed E-state index contributed by atoms with van der Waals surface area (Å²) in [5.74, 6) is 0.526. The molecular formula is C25H30F3N7O3S2. The van der Waals surface area contributed by atoms with Crippen LogP contribution in [0.2, 0.25) is 0 Å². The molecule has 4 heterocycles. The zero-order valence-corrected chi connectivity index (χ0v) is 23.5. The number of hydrogen-bond donors (Lipinski definition) is 1. The number of benzene rings is 1. The fourth-order valence-electron chi connectivity index (χ4n) is 4.82. The molecule has 40 heavy (non-hydrogen) atoms. The highest BCUT2D eigenvalue weighted by Crippen LogP contribution is 2.34. The predicted molar refractivity (Wildman–Crippen MR) is 148 cm³/mol. The van der Waals surface area contributed by atoms with Gasteiger partial charge in [-0.15, -0.1) is 11.3 Å². The molecule has 1 N–H and O–H groups in total. The maximum absolute atomic E-state index is 13.0. The highest BCUT2D eigenvalue weighted by molar-refractivity contribution is 7.90. The van der Waals surface area contributed by atoms with Crippen LogP contribution in [0.5, 0.6) is 0 Å². The first-order chi connectivity index (χ1) is 19.0. The van der Waals surface area contributed by atoms with Gasteiger partial charge in [0.1, 0.15) is 17.0 Å². The number of halogens is 3. The van der Waals surface area contributed by atoms with E-state index in [1.54, 1.807) is 29.2 Å². The van der Waals surface area contributed by atoms with E-state index in [-0.39, 0.29) is 17.2 Å². The summed E-state index contributed by atoms with van der Waals surface area (Å²) in [6.07, 6.45) is -3.76. The van der Waals surface area contributed by atoms with Crippen LogP contribution in [0.15, 0.2) is 36.7 Å². The van der Waals surface area contributed by atoms with Crippen molar-refractivity contribution in [3.05, 3.63) is 47.1 Å². The second-order valence-electron chi connectivity index (χ2n) is 9.97. The summed E-state index contributed by atoms with van der Waals surface area (Å²) in [7, 11) is -1.69. The number of thiophene rings is 1. The number of anilines is 2. The maximum Gasteiger partial charge on any atom is 0.393 e. The monoisotopic (exact) mass is 597 g/mol. The standard InChI is InChI=1S/C25H30F3N7O3S2/c1-32-6-12-35(13-7-32)40(37,38)31-19-4-2-18(3-5-19)14-22(36)33-8-10-34(11-9-33)23-21-15-20(16-25(26,27)28)39-24(21)30-17-29-23/h2-5,15,17,31H,6-14,16H2,1H3. The summed E-state index contributed by atoms with van der Waals surface area (Å²) in [6.45, 7) is 4.11. The lowest BCUT2D eigenvalue weighted by Crippen LogP contribution is -2.49. The van der Waals surface area contributed by atoms with Crippen molar-refractivity contribution < 1.29 is 26.4 Å². The predicted octanol–water partition coefficient (Wildman–Crippen LogP) is 2.59. The zero-order valence-electron chi connectivity index (χ0n) is 21.9. The van der Waals surface area contributed by atoms with E-state index in [0.29, 0.717) is 74.1 Å². The van der Waals surface area contributed by atoms with Crippen LogP contribution in [-0.2, 0) is 27.8 Å². The Morgan fingerprint density at radius 2 is 1.68 bits per heavy atom. The van der Waals surface area contributed by atoms with Crippen LogP contribution in [-0.4, -0.2) is 104 Å². The van der Waals surface area contributed by atoms with Gasteiger partial charge < -0.3 is 14.7 Å². The van der Waals surface area contributed by atoms with Crippen molar-refractivity contribution in [2.75, 3.05) is 69.0 Å². The Bertz CT molecular complexity index is 1450. The largest absolute Gasteiger partial charge is 0.393 e. The zero-order chi connectivity index (χ0) is 28.5. The second-order valence-corrected chi connectivity index (χ2v) is 12.8. The molecule has 15 heteroatoms. The minimum absolute atomic E-state index is 0.0544. The van der Waals surface area contributed by atoms with Gasteiger partial charge in [-0.25, -0.2) is 9.97 Å². The third kappa shape index (κ3) is 6.82. The first kappa shape index (κ1) is 28.5. The average Bonchev–Trinajstić information content (AvgIpc) is 3.31. The van der Waals surface area contributed by atoms with Crippen molar-refractivity contribution in [3.63, 3.8) is 0 Å². The smallest absolute Gasteiger partial charge is 0.352 e. The molecule has 0 radical (unpaired) electrons. The second kappa shape index (κ2) is 11.5. The van der Waals surface area contributed by atoms with Crippen LogP contribution in [0.1, 0.15) is 10.4 Å². The van der Waals surface area contributed by atoms with Crippen LogP contribution in [0.25, 0.3) is 10.2 Å². The van der Waals surface area contributed by atoms with Crippen LogP contribution in [0.4, 0.5) is 24.7 Å². The molecule has 2 saturated heterocycles. The lowest BCUT2D eigenvalue weighted by Gasteiger charge is -2.35. The molecule has 2 aliphatic heterocycles. The fraction of sp³-hybridized carbons (Fsp3) is 0.480. The Kier molecular flexibility index (Phi) is 8.17. The molecule has 0 saturated carbocycles. The van der Waals surface area contributed by atoms with Gasteiger partial charge in [0.25, 0.3) is 0 Å². The summed E-state index contributed by atoms with van der Waals surface area (Å²) in [5, 5.41) is 0.592. The van der Waals surface area contributed by atoms with Gasteiger partial charge in [-0.2, -0.15) is 25.9 Å². The molecule has 0 aliphatic carbocycles. The van der Waals surface area contributed by atoms with Gasteiger partial charge in [0.2, 0.25) is 5.91 Å². The van der Waals surface area contributed by atoms with Crippen molar-refractivity contribution in [1.82, 2.24) is 24.1 Å². The normalized spacial score (nSPS) is 17.9. The molecular weight excluding hydrogens is 567 g/mol. The van der Waals surface area contributed by atoms with E-state index in [1.807, 2.05) is 11.9 Å². The first-order valence-corrected chi connectivity index (χ1v) is 15.1. The molecule has 0 atom stereocenters. The topological polar surface area (TPSA) is 102 Å². The third-order valence-electron chi connectivity index (χ3n) is 7.02. The highest BCUT2D eigenvalue weighted by Gasteiger charge is 2.30. The molecule has 2 aromatic heterocycles. The number of likely N-dealkylation sites (N-methyl/N-ethyl adjacent to an activating group) is 1. The Labute approximate surface area is 234 Å². The van der Waals surface area contributed by atoms with Crippen LogP contribution < -0.4 is 9.62 Å². The Morgan fingerprint density at radius 3 is 2.33 bits per heavy atom. The van der Waals surface area contributed by atoms with Gasteiger partial charge in [-0.3, -0.25) is 9.52 Å². The highest BCUT2D eigenvalue weighted by atomic mass is 32.2. The molecule has 5 rings (SSSR count). The number of nitrogens with zero attached hydrogens (tertiary/aromatic N) is 6. The molecule has 2 fully saturated rings. The number of rotatable bonds is 7. The van der Waals surface area contributed by atoms with Crippen molar-refractivity contribution in [3.8, 4) is 0 Å². The first-order valence-electron chi connectivity index (χ1n) is 12.9. The van der Waals surface area contributed by atoms with Crippen LogP contribution in [0, 0.1) is 0 Å². The Hall–Kier alpha value is -3.01. The van der Waals surface area contributed by atoms with Gasteiger partial charge in [-0.1, -0.05) is 12.1 Å². The van der Waals surface area contributed by atoms with E-state index >= 15 is 0 Å². The van der Waals surface area contributed by atoms with Crippen LogP contribution >= 0.6 is 11.3 Å². The number of alkyl halides is 3. The molecule has 0 spiro atoms. The van der Waals surface area contributed by atoms with Crippen molar-refractivity contribution in [2.24, 2.45) is 0 Å². The lowest BCUT2D eigenvalue weighted by molar-refractivity contribution is -0.130. The number of piperazine rings is 2. The van der Waals surface area contributed by atoms with E-state index in [2.05, 4.69) is 19.6 Å². The van der Waals surface area contributed by atoms with E-state index < -0.39 is 22.8 Å². The molecule has 2 aliphatic rings. The van der Waals surface area contributed by atoms with Gasteiger partial charge in [0.15, 0.2) is 0 Å². The third-order valence-corrected chi connectivity index (χ3v) is 9.61. The summed E-state index contributed by atoms with van der Waals surface area (Å²) in [5.41, 5.74) is 1.20. The number of amides is 1. The van der Waals surface area contributed by atoms with E-state index in [9.17, 15) is 26.4 Å². The maximum atomic E-state index is 13.0. The van der Waals surface area contributed by atoms with Crippen molar-refractivity contribution >= 4 is 49.2 Å². The molecule has 10 nitrogen and oxygen atoms in total. The lowest BCUT2D eigenvalue weighted by atomic mass is 10.1. The van der Waals surface area contributed by atoms with E-state index in [1.165, 1.54) is 16.7 Å². The summed E-state index contributed by atoms with van der Waals surface area (Å²) < 4.78 is 67.9. The number of aromatic nitrogens is 2. The SMILES string of the molecule is CN1CCN(S(=O)(=O)Nc2ccc(CC(=O)N3CCN(c4ncnc5sc(CC(F)(F)F)cc45)CC3)cc2)CC1. The Balaban J connectivity index is 1.15. The molecule has 1 amide bonds. The summed E-state index contributed by atoms with van der Waals surface area (Å²) >= 11 is 1.02. The van der Waals surface area contributed by atoms with Crippen molar-refractivity contribution in [2.45, 2.75) is 19.0 Å². The number of fused-ring (bicyclic) bond motifs is 1. The minimum Gasteiger partial charge on any atom is -0.352 e. The molecule has 216 valence electrons. The number of hydrogen-bond acceptors (Lipinski definition) is 8. The van der Waals surface area contributed by atoms with Crippen molar-refractivity contribution in [1.29, 1.82) is 0 Å². The fourth-order valence-corrected chi connectivity index (χ4v) is 7.04. The summed E-state index contributed by atoms with van der Waals surface area (Å²) in [4.78, 5) is 27.9. The number of nitrogens with one attached hydrogen (secondary N) is 1. The quantitative estimate of drug-likeness (QED) is 0.447. The van der Waals surface area contributed by atoms with Gasteiger partial charge in [0.05, 0.1) is 18.2 Å². The molecule has 0 unspecified atom stereocenters. The van der Waals surface area contributed by atoms with Crippen LogP contribution in [0.3, 0.4) is 0 Å².